The smallest absolute Gasteiger partial charge is 0.119 e. The fraction of sp³-hybridized carbons (Fsp3) is 0.667. The molecular formula is C18H30N2O2. The summed E-state index contributed by atoms with van der Waals surface area (Å²) in [4.78, 5) is 2.51. The third kappa shape index (κ3) is 5.27. The molecule has 4 nitrogen and oxygen atoms in total. The Kier molecular flexibility index (Phi) is 7.16. The number of aryl methyl sites for hydroxylation is 1. The van der Waals surface area contributed by atoms with Gasteiger partial charge in [-0.1, -0.05) is 26.0 Å². The number of likely N-dealkylation sites (tertiary alicyclic amines) is 1. The molecule has 0 saturated carbocycles. The van der Waals surface area contributed by atoms with E-state index in [0.717, 1.165) is 25.3 Å². The second kappa shape index (κ2) is 9.13. The minimum absolute atomic E-state index is 0.336. The SMILES string of the molecule is CCc1cccc(OCC(O)CNCC2CCCN2CC)c1. The van der Waals surface area contributed by atoms with Gasteiger partial charge in [-0.05, 0) is 50.0 Å². The lowest BCUT2D eigenvalue weighted by atomic mass is 10.2. The maximum absolute atomic E-state index is 10.0. The number of hydrogen-bond acceptors (Lipinski definition) is 4. The van der Waals surface area contributed by atoms with Crippen LogP contribution in [0.25, 0.3) is 0 Å². The molecule has 1 aromatic rings. The molecule has 2 rings (SSSR count). The number of nitrogens with one attached hydrogen (secondary N) is 1. The molecule has 0 spiro atoms. The first-order chi connectivity index (χ1) is 10.7. The molecular weight excluding hydrogens is 276 g/mol. The van der Waals surface area contributed by atoms with Gasteiger partial charge < -0.3 is 15.2 Å². The zero-order valence-corrected chi connectivity index (χ0v) is 13.9. The number of nitrogens with zero attached hydrogens (tertiary/aromatic N) is 1. The van der Waals surface area contributed by atoms with E-state index in [1.54, 1.807) is 0 Å². The van der Waals surface area contributed by atoms with Gasteiger partial charge in [0.05, 0.1) is 0 Å². The summed E-state index contributed by atoms with van der Waals surface area (Å²) in [5, 5.41) is 13.4. The second-order valence-corrected chi connectivity index (χ2v) is 6.05. The minimum atomic E-state index is -0.471. The highest BCUT2D eigenvalue weighted by Crippen LogP contribution is 2.16. The van der Waals surface area contributed by atoms with Crippen molar-refractivity contribution in [2.45, 2.75) is 45.3 Å². The van der Waals surface area contributed by atoms with Crippen LogP contribution in [0.5, 0.6) is 5.75 Å². The molecule has 1 aromatic carbocycles. The number of rotatable bonds is 9. The molecule has 1 saturated heterocycles. The van der Waals surface area contributed by atoms with E-state index in [1.165, 1.54) is 24.9 Å². The van der Waals surface area contributed by atoms with Gasteiger partial charge in [0, 0.05) is 19.1 Å². The molecule has 2 atom stereocenters. The van der Waals surface area contributed by atoms with Crippen molar-refractivity contribution in [1.29, 1.82) is 0 Å². The summed E-state index contributed by atoms with van der Waals surface area (Å²) in [5.41, 5.74) is 1.26. The number of benzene rings is 1. The van der Waals surface area contributed by atoms with Gasteiger partial charge in [0.1, 0.15) is 18.5 Å². The monoisotopic (exact) mass is 306 g/mol. The van der Waals surface area contributed by atoms with Crippen molar-refractivity contribution in [3.05, 3.63) is 29.8 Å². The highest BCUT2D eigenvalue weighted by atomic mass is 16.5. The Morgan fingerprint density at radius 2 is 2.27 bits per heavy atom. The summed E-state index contributed by atoms with van der Waals surface area (Å²) >= 11 is 0. The van der Waals surface area contributed by atoms with Gasteiger partial charge in [-0.25, -0.2) is 0 Å². The fourth-order valence-corrected chi connectivity index (χ4v) is 3.07. The predicted molar refractivity (Wildman–Crippen MR) is 90.5 cm³/mol. The molecule has 0 amide bonds. The van der Waals surface area contributed by atoms with E-state index in [-0.39, 0.29) is 0 Å². The van der Waals surface area contributed by atoms with Gasteiger partial charge >= 0.3 is 0 Å². The lowest BCUT2D eigenvalue weighted by Gasteiger charge is -2.23. The van der Waals surface area contributed by atoms with Crippen molar-refractivity contribution in [2.75, 3.05) is 32.8 Å². The van der Waals surface area contributed by atoms with Crippen LogP contribution < -0.4 is 10.1 Å². The molecule has 1 fully saturated rings. The summed E-state index contributed by atoms with van der Waals surface area (Å²) in [5.74, 6) is 0.839. The summed E-state index contributed by atoms with van der Waals surface area (Å²) in [7, 11) is 0. The Morgan fingerprint density at radius 1 is 1.41 bits per heavy atom. The third-order valence-electron chi connectivity index (χ3n) is 4.41. The van der Waals surface area contributed by atoms with Crippen LogP contribution in [0, 0.1) is 0 Å². The molecule has 1 aliphatic rings. The van der Waals surface area contributed by atoms with E-state index < -0.39 is 6.10 Å². The van der Waals surface area contributed by atoms with Crippen LogP contribution in [-0.4, -0.2) is 54.9 Å². The Hall–Kier alpha value is -1.10. The zero-order valence-electron chi connectivity index (χ0n) is 13.9. The van der Waals surface area contributed by atoms with E-state index in [2.05, 4.69) is 30.1 Å². The first kappa shape index (κ1) is 17.3. The molecule has 1 heterocycles. The Morgan fingerprint density at radius 3 is 3.05 bits per heavy atom. The number of ether oxygens (including phenoxy) is 1. The van der Waals surface area contributed by atoms with Gasteiger partial charge in [-0.3, -0.25) is 4.90 Å². The molecule has 2 N–H and O–H groups in total. The maximum atomic E-state index is 10.0. The zero-order chi connectivity index (χ0) is 15.8. The lowest BCUT2D eigenvalue weighted by molar-refractivity contribution is 0.104. The summed E-state index contributed by atoms with van der Waals surface area (Å²) in [6.45, 7) is 8.54. The van der Waals surface area contributed by atoms with Crippen molar-refractivity contribution in [1.82, 2.24) is 10.2 Å². The van der Waals surface area contributed by atoms with E-state index in [4.69, 9.17) is 4.74 Å². The molecule has 0 aromatic heterocycles. The van der Waals surface area contributed by atoms with Crippen molar-refractivity contribution < 1.29 is 9.84 Å². The van der Waals surface area contributed by atoms with Gasteiger partial charge in [0.15, 0.2) is 0 Å². The Bertz CT molecular complexity index is 439. The molecule has 1 aliphatic heterocycles. The largest absolute Gasteiger partial charge is 0.491 e. The van der Waals surface area contributed by atoms with Crippen molar-refractivity contribution in [3.63, 3.8) is 0 Å². The van der Waals surface area contributed by atoms with Crippen LogP contribution in [0.4, 0.5) is 0 Å². The summed E-state index contributed by atoms with van der Waals surface area (Å²) in [6.07, 6.45) is 3.08. The van der Waals surface area contributed by atoms with Crippen LogP contribution in [0.2, 0.25) is 0 Å². The number of likely N-dealkylation sites (N-methyl/N-ethyl adjacent to an activating group) is 1. The van der Waals surface area contributed by atoms with Crippen LogP contribution in [0.1, 0.15) is 32.3 Å². The van der Waals surface area contributed by atoms with Gasteiger partial charge in [0.25, 0.3) is 0 Å². The quantitative estimate of drug-likeness (QED) is 0.733. The van der Waals surface area contributed by atoms with Crippen LogP contribution in [-0.2, 0) is 6.42 Å². The highest BCUT2D eigenvalue weighted by Gasteiger charge is 2.22. The molecule has 0 radical (unpaired) electrons. The van der Waals surface area contributed by atoms with Crippen molar-refractivity contribution in [2.24, 2.45) is 0 Å². The maximum Gasteiger partial charge on any atom is 0.119 e. The van der Waals surface area contributed by atoms with Crippen molar-refractivity contribution in [3.8, 4) is 5.75 Å². The second-order valence-electron chi connectivity index (χ2n) is 6.05. The van der Waals surface area contributed by atoms with Gasteiger partial charge in [0.2, 0.25) is 0 Å². The van der Waals surface area contributed by atoms with E-state index >= 15 is 0 Å². The van der Waals surface area contributed by atoms with E-state index in [9.17, 15) is 5.11 Å². The Labute approximate surface area is 134 Å². The standard InChI is InChI=1S/C18H30N2O2/c1-3-15-7-5-9-18(11-15)22-14-17(21)13-19-12-16-8-6-10-20(16)4-2/h5,7,9,11,16-17,19,21H,3-4,6,8,10,12-14H2,1-2H3. The molecule has 0 bridgehead atoms. The number of aliphatic hydroxyl groups is 1. The van der Waals surface area contributed by atoms with Crippen molar-refractivity contribution >= 4 is 0 Å². The highest BCUT2D eigenvalue weighted by molar-refractivity contribution is 5.28. The first-order valence-corrected chi connectivity index (χ1v) is 8.57. The molecule has 124 valence electrons. The predicted octanol–water partition coefficient (Wildman–Crippen LogP) is 2.06. The molecule has 4 heteroatoms. The van der Waals surface area contributed by atoms with E-state index in [1.807, 2.05) is 18.2 Å². The summed E-state index contributed by atoms with van der Waals surface area (Å²) < 4.78 is 5.67. The first-order valence-electron chi connectivity index (χ1n) is 8.57. The Balaban J connectivity index is 1.64. The average molecular weight is 306 g/mol. The summed E-state index contributed by atoms with van der Waals surface area (Å²) in [6, 6.07) is 8.69. The number of hydrogen-bond donors (Lipinski definition) is 2. The topological polar surface area (TPSA) is 44.7 Å². The fourth-order valence-electron chi connectivity index (χ4n) is 3.07. The van der Waals surface area contributed by atoms with Crippen LogP contribution >= 0.6 is 0 Å². The molecule has 2 unspecified atom stereocenters. The number of aliphatic hydroxyl groups excluding tert-OH is 1. The average Bonchev–Trinajstić information content (AvgIpc) is 3.00. The van der Waals surface area contributed by atoms with Crippen LogP contribution in [0.3, 0.4) is 0 Å². The van der Waals surface area contributed by atoms with Gasteiger partial charge in [-0.15, -0.1) is 0 Å². The third-order valence-corrected chi connectivity index (χ3v) is 4.41. The normalized spacial score (nSPS) is 20.2. The minimum Gasteiger partial charge on any atom is -0.491 e. The van der Waals surface area contributed by atoms with Crippen LogP contribution in [0.15, 0.2) is 24.3 Å². The molecule has 22 heavy (non-hydrogen) atoms. The van der Waals surface area contributed by atoms with E-state index in [0.29, 0.717) is 19.2 Å². The lowest BCUT2D eigenvalue weighted by Crippen LogP contribution is -2.41. The molecule has 0 aliphatic carbocycles. The van der Waals surface area contributed by atoms with Gasteiger partial charge in [-0.2, -0.15) is 0 Å².